The monoisotopic (exact) mass is 292 g/mol. The Labute approximate surface area is 113 Å². The van der Waals surface area contributed by atoms with E-state index in [9.17, 15) is 13.2 Å². The maximum atomic E-state index is 13.5. The van der Waals surface area contributed by atoms with E-state index in [0.717, 1.165) is 37.1 Å². The number of thioether (sulfide) groups is 1. The first-order valence-electron chi connectivity index (χ1n) is 5.94. The summed E-state index contributed by atoms with van der Waals surface area (Å²) in [7, 11) is 0. The lowest BCUT2D eigenvalue weighted by molar-refractivity contribution is -0.0521. The minimum atomic E-state index is -3.05. The summed E-state index contributed by atoms with van der Waals surface area (Å²) in [6, 6.07) is 2.29. The summed E-state index contributed by atoms with van der Waals surface area (Å²) in [5, 5.41) is 0. The normalized spacial score (nSPS) is 16.5. The number of alkyl halides is 2. The van der Waals surface area contributed by atoms with Crippen LogP contribution in [0.5, 0.6) is 5.75 Å². The molecule has 3 nitrogen and oxygen atoms in total. The number of benzene rings is 1. The summed E-state index contributed by atoms with van der Waals surface area (Å²) in [5.41, 5.74) is 6.57. The van der Waals surface area contributed by atoms with Crippen molar-refractivity contribution in [2.75, 3.05) is 35.2 Å². The third-order valence-corrected chi connectivity index (χ3v) is 3.91. The van der Waals surface area contributed by atoms with E-state index in [1.165, 1.54) is 6.07 Å². The highest BCUT2D eigenvalue weighted by molar-refractivity contribution is 7.99. The molecule has 1 fully saturated rings. The smallest absolute Gasteiger partial charge is 0.387 e. The molecule has 1 aliphatic rings. The van der Waals surface area contributed by atoms with Gasteiger partial charge in [0.2, 0.25) is 0 Å². The van der Waals surface area contributed by atoms with Crippen LogP contribution >= 0.6 is 11.8 Å². The topological polar surface area (TPSA) is 38.5 Å². The fourth-order valence-electron chi connectivity index (χ4n) is 2.01. The predicted octanol–water partition coefficient (Wildman–Crippen LogP) is 2.95. The number of halogens is 3. The van der Waals surface area contributed by atoms with Crippen molar-refractivity contribution in [2.45, 2.75) is 13.0 Å². The maximum Gasteiger partial charge on any atom is 0.387 e. The first-order chi connectivity index (χ1) is 9.08. The van der Waals surface area contributed by atoms with Crippen molar-refractivity contribution >= 4 is 23.1 Å². The van der Waals surface area contributed by atoms with Crippen LogP contribution in [-0.2, 0) is 0 Å². The van der Waals surface area contributed by atoms with E-state index >= 15 is 0 Å². The van der Waals surface area contributed by atoms with Gasteiger partial charge in [0.05, 0.1) is 11.4 Å². The van der Waals surface area contributed by atoms with Gasteiger partial charge in [-0.2, -0.15) is 20.5 Å². The molecule has 1 aromatic rings. The van der Waals surface area contributed by atoms with Crippen LogP contribution in [0, 0.1) is 5.82 Å². The summed E-state index contributed by atoms with van der Waals surface area (Å²) in [5.74, 6) is 0.654. The first kappa shape index (κ1) is 14.2. The molecule has 0 saturated carbocycles. The van der Waals surface area contributed by atoms with Gasteiger partial charge in [-0.1, -0.05) is 0 Å². The standard InChI is InChI=1S/C12H15F3N2OS/c13-8-6-9(16)10(7-11(8)18-12(14)15)17-2-1-4-19-5-3-17/h6-7,12H,1-5,16H2. The van der Waals surface area contributed by atoms with E-state index in [4.69, 9.17) is 5.73 Å². The maximum absolute atomic E-state index is 13.5. The molecule has 1 saturated heterocycles. The van der Waals surface area contributed by atoms with Crippen molar-refractivity contribution in [2.24, 2.45) is 0 Å². The van der Waals surface area contributed by atoms with Gasteiger partial charge in [0, 0.05) is 31.0 Å². The van der Waals surface area contributed by atoms with Gasteiger partial charge in [-0.25, -0.2) is 4.39 Å². The highest BCUT2D eigenvalue weighted by Crippen LogP contribution is 2.33. The molecule has 0 bridgehead atoms. The van der Waals surface area contributed by atoms with Gasteiger partial charge in [0.15, 0.2) is 11.6 Å². The minimum absolute atomic E-state index is 0.242. The molecule has 0 spiro atoms. The lowest BCUT2D eigenvalue weighted by Crippen LogP contribution is -2.26. The molecule has 0 amide bonds. The molecule has 106 valence electrons. The molecular formula is C12H15F3N2OS. The lowest BCUT2D eigenvalue weighted by Gasteiger charge is -2.24. The highest BCUT2D eigenvalue weighted by Gasteiger charge is 2.18. The average Bonchev–Trinajstić information content (AvgIpc) is 2.61. The third-order valence-electron chi connectivity index (χ3n) is 2.86. The zero-order valence-electron chi connectivity index (χ0n) is 10.2. The zero-order valence-corrected chi connectivity index (χ0v) is 11.1. The van der Waals surface area contributed by atoms with Gasteiger partial charge in [0.25, 0.3) is 0 Å². The fraction of sp³-hybridized carbons (Fsp3) is 0.500. The van der Waals surface area contributed by atoms with Gasteiger partial charge in [-0.15, -0.1) is 0 Å². The van der Waals surface area contributed by atoms with Gasteiger partial charge in [-0.3, -0.25) is 0 Å². The first-order valence-corrected chi connectivity index (χ1v) is 7.10. The minimum Gasteiger partial charge on any atom is -0.432 e. The summed E-state index contributed by atoms with van der Waals surface area (Å²) in [6.07, 6.45) is 0.979. The molecule has 0 radical (unpaired) electrons. The summed E-state index contributed by atoms with van der Waals surface area (Å²) in [6.45, 7) is -1.52. The number of hydrogen-bond acceptors (Lipinski definition) is 4. The number of nitrogen functional groups attached to an aromatic ring is 1. The van der Waals surface area contributed by atoms with Gasteiger partial charge in [0.1, 0.15) is 0 Å². The molecule has 19 heavy (non-hydrogen) atoms. The van der Waals surface area contributed by atoms with Crippen LogP contribution in [-0.4, -0.2) is 31.2 Å². The quantitative estimate of drug-likeness (QED) is 0.869. The third kappa shape index (κ3) is 3.62. The number of nitrogens with zero attached hydrogens (tertiary/aromatic N) is 1. The molecule has 7 heteroatoms. The summed E-state index contributed by atoms with van der Waals surface area (Å²) < 4.78 is 42.1. The predicted molar refractivity (Wildman–Crippen MR) is 71.6 cm³/mol. The molecular weight excluding hydrogens is 277 g/mol. The Morgan fingerprint density at radius 3 is 2.79 bits per heavy atom. The van der Waals surface area contributed by atoms with E-state index < -0.39 is 18.2 Å². The zero-order chi connectivity index (χ0) is 13.8. The Balaban J connectivity index is 2.27. The molecule has 0 unspecified atom stereocenters. The number of hydrogen-bond donors (Lipinski definition) is 1. The Bertz CT molecular complexity index is 437. The van der Waals surface area contributed by atoms with E-state index in [0.29, 0.717) is 5.69 Å². The van der Waals surface area contributed by atoms with Crippen molar-refractivity contribution in [3.63, 3.8) is 0 Å². The van der Waals surface area contributed by atoms with E-state index in [1.54, 1.807) is 0 Å². The van der Waals surface area contributed by atoms with Crippen LogP contribution in [0.3, 0.4) is 0 Å². The summed E-state index contributed by atoms with van der Waals surface area (Å²) >= 11 is 1.83. The average molecular weight is 292 g/mol. The molecule has 1 aromatic carbocycles. The van der Waals surface area contributed by atoms with Crippen LogP contribution in [0.2, 0.25) is 0 Å². The van der Waals surface area contributed by atoms with Crippen LogP contribution < -0.4 is 15.4 Å². The Morgan fingerprint density at radius 1 is 1.26 bits per heavy atom. The molecule has 1 aliphatic heterocycles. The lowest BCUT2D eigenvalue weighted by atomic mass is 10.2. The second-order valence-electron chi connectivity index (χ2n) is 4.17. The van der Waals surface area contributed by atoms with Crippen LogP contribution in [0.1, 0.15) is 6.42 Å². The van der Waals surface area contributed by atoms with Gasteiger partial charge < -0.3 is 15.4 Å². The highest BCUT2D eigenvalue weighted by atomic mass is 32.2. The van der Waals surface area contributed by atoms with Crippen molar-refractivity contribution < 1.29 is 17.9 Å². The summed E-state index contributed by atoms with van der Waals surface area (Å²) in [4.78, 5) is 1.98. The molecule has 0 aliphatic carbocycles. The fourth-order valence-corrected chi connectivity index (χ4v) is 2.89. The van der Waals surface area contributed by atoms with Crippen molar-refractivity contribution in [3.05, 3.63) is 17.9 Å². The van der Waals surface area contributed by atoms with Crippen LogP contribution in [0.15, 0.2) is 12.1 Å². The second kappa shape index (κ2) is 6.27. The van der Waals surface area contributed by atoms with Gasteiger partial charge in [-0.05, 0) is 12.2 Å². The van der Waals surface area contributed by atoms with Crippen molar-refractivity contribution in [1.82, 2.24) is 0 Å². The van der Waals surface area contributed by atoms with Crippen molar-refractivity contribution in [3.8, 4) is 5.75 Å². The number of anilines is 2. The molecule has 2 N–H and O–H groups in total. The Kier molecular flexibility index (Phi) is 4.68. The van der Waals surface area contributed by atoms with Crippen LogP contribution in [0.4, 0.5) is 24.5 Å². The molecule has 1 heterocycles. The van der Waals surface area contributed by atoms with E-state index in [-0.39, 0.29) is 5.69 Å². The Hall–Kier alpha value is -1.24. The molecule has 0 atom stereocenters. The van der Waals surface area contributed by atoms with Crippen LogP contribution in [0.25, 0.3) is 0 Å². The van der Waals surface area contributed by atoms with E-state index in [2.05, 4.69) is 4.74 Å². The number of ether oxygens (including phenoxy) is 1. The SMILES string of the molecule is Nc1cc(F)c(OC(F)F)cc1N1CCCSCC1. The van der Waals surface area contributed by atoms with E-state index in [1.807, 2.05) is 16.7 Å². The second-order valence-corrected chi connectivity index (χ2v) is 5.40. The van der Waals surface area contributed by atoms with Gasteiger partial charge >= 0.3 is 6.61 Å². The number of rotatable bonds is 3. The number of nitrogens with two attached hydrogens (primary N) is 1. The molecule has 2 rings (SSSR count). The largest absolute Gasteiger partial charge is 0.432 e. The van der Waals surface area contributed by atoms with Crippen molar-refractivity contribution in [1.29, 1.82) is 0 Å². The molecule has 0 aromatic heterocycles. The Morgan fingerprint density at radius 2 is 2.05 bits per heavy atom.